The zero-order valence-corrected chi connectivity index (χ0v) is 9.06. The van der Waals surface area contributed by atoms with Gasteiger partial charge in [0.05, 0.1) is 13.3 Å². The number of methoxy groups -OCH3 is 1. The first kappa shape index (κ1) is 11.0. The zero-order valence-electron chi connectivity index (χ0n) is 9.06. The van der Waals surface area contributed by atoms with Crippen LogP contribution in [0, 0.1) is 0 Å². The quantitative estimate of drug-likeness (QED) is 0.743. The Kier molecular flexibility index (Phi) is 3.49. The van der Waals surface area contributed by atoms with Crippen molar-refractivity contribution in [3.63, 3.8) is 0 Å². The third kappa shape index (κ3) is 2.24. The van der Waals surface area contributed by atoms with Crippen LogP contribution < -0.4 is 4.74 Å². The van der Waals surface area contributed by atoms with Crippen molar-refractivity contribution in [3.8, 4) is 5.75 Å². The molecule has 0 aliphatic carbocycles. The highest BCUT2D eigenvalue weighted by Crippen LogP contribution is 2.24. The lowest BCUT2D eigenvalue weighted by molar-refractivity contribution is 0.127. The molecule has 5 nitrogen and oxygen atoms in total. The number of rotatable bonds is 4. The van der Waals surface area contributed by atoms with Crippen LogP contribution in [-0.4, -0.2) is 47.5 Å². The van der Waals surface area contributed by atoms with Gasteiger partial charge in [-0.05, 0) is 14.1 Å². The number of hydrogen-bond donors (Lipinski definition) is 1. The summed E-state index contributed by atoms with van der Waals surface area (Å²) in [6.07, 6.45) is 1.03. The van der Waals surface area contributed by atoms with Gasteiger partial charge in [0.15, 0.2) is 5.75 Å². The van der Waals surface area contributed by atoms with E-state index in [9.17, 15) is 5.11 Å². The van der Waals surface area contributed by atoms with Crippen LogP contribution in [0.25, 0.3) is 0 Å². The smallest absolute Gasteiger partial charge is 0.162 e. The minimum absolute atomic E-state index is 0.551. The number of aliphatic hydroxyl groups excluding tert-OH is 1. The molecule has 0 fully saturated rings. The van der Waals surface area contributed by atoms with E-state index >= 15 is 0 Å². The first-order valence-corrected chi connectivity index (χ1v) is 4.45. The number of aromatic nitrogens is 2. The summed E-state index contributed by atoms with van der Waals surface area (Å²) in [5, 5.41) is 13.9. The minimum atomic E-state index is -0.576. The Labute approximate surface area is 83.9 Å². The highest BCUT2D eigenvalue weighted by Gasteiger charge is 2.18. The predicted molar refractivity (Wildman–Crippen MR) is 53.3 cm³/mol. The number of ether oxygens (including phenoxy) is 1. The maximum Gasteiger partial charge on any atom is 0.162 e. The third-order valence-electron chi connectivity index (χ3n) is 2.02. The SMILES string of the molecule is COc1cnn(C)c1C(O)CN(C)C. The molecule has 80 valence electrons. The van der Waals surface area contributed by atoms with Crippen molar-refractivity contribution in [1.29, 1.82) is 0 Å². The monoisotopic (exact) mass is 199 g/mol. The number of aliphatic hydroxyl groups is 1. The van der Waals surface area contributed by atoms with Gasteiger partial charge in [-0.2, -0.15) is 5.10 Å². The molecule has 0 aliphatic rings. The highest BCUT2D eigenvalue weighted by molar-refractivity contribution is 5.27. The molecular weight excluding hydrogens is 182 g/mol. The van der Waals surface area contributed by atoms with E-state index in [1.54, 1.807) is 25.0 Å². The molecule has 1 atom stereocenters. The summed E-state index contributed by atoms with van der Waals surface area (Å²) in [6, 6.07) is 0. The molecule has 1 unspecified atom stereocenters. The molecule has 0 spiro atoms. The molecule has 1 N–H and O–H groups in total. The summed E-state index contributed by atoms with van der Waals surface area (Å²) in [4.78, 5) is 1.91. The minimum Gasteiger partial charge on any atom is -0.493 e. The van der Waals surface area contributed by atoms with Gasteiger partial charge in [0.25, 0.3) is 0 Å². The normalized spacial score (nSPS) is 13.3. The molecule has 0 aromatic carbocycles. The Morgan fingerprint density at radius 3 is 2.79 bits per heavy atom. The number of aryl methyl sites for hydroxylation is 1. The second-order valence-electron chi connectivity index (χ2n) is 3.50. The number of hydrogen-bond acceptors (Lipinski definition) is 4. The highest BCUT2D eigenvalue weighted by atomic mass is 16.5. The van der Waals surface area contributed by atoms with Crippen molar-refractivity contribution in [2.24, 2.45) is 7.05 Å². The lowest BCUT2D eigenvalue weighted by atomic mass is 10.2. The maximum atomic E-state index is 9.89. The van der Waals surface area contributed by atoms with Gasteiger partial charge < -0.3 is 14.7 Å². The standard InChI is InChI=1S/C9H17N3O2/c1-11(2)6-7(13)9-8(14-4)5-10-12(9)3/h5,7,13H,6H2,1-4H3. The van der Waals surface area contributed by atoms with E-state index in [1.165, 1.54) is 0 Å². The lowest BCUT2D eigenvalue weighted by Crippen LogP contribution is -2.22. The van der Waals surface area contributed by atoms with Crippen LogP contribution in [0.4, 0.5) is 0 Å². The van der Waals surface area contributed by atoms with Gasteiger partial charge in [0.1, 0.15) is 11.8 Å². The van der Waals surface area contributed by atoms with Gasteiger partial charge in [-0.25, -0.2) is 0 Å². The van der Waals surface area contributed by atoms with E-state index in [1.807, 2.05) is 19.0 Å². The van der Waals surface area contributed by atoms with Crippen molar-refractivity contribution in [2.75, 3.05) is 27.7 Å². The maximum absolute atomic E-state index is 9.89. The van der Waals surface area contributed by atoms with Crippen LogP contribution in [0.5, 0.6) is 5.75 Å². The summed E-state index contributed by atoms with van der Waals surface area (Å²) in [7, 11) is 7.18. The van der Waals surface area contributed by atoms with E-state index in [0.29, 0.717) is 18.0 Å². The van der Waals surface area contributed by atoms with Gasteiger partial charge in [0.2, 0.25) is 0 Å². The van der Waals surface area contributed by atoms with Crippen LogP contribution in [-0.2, 0) is 7.05 Å². The average molecular weight is 199 g/mol. The fourth-order valence-electron chi connectivity index (χ4n) is 1.40. The molecule has 1 aromatic heterocycles. The Hall–Kier alpha value is -1.07. The van der Waals surface area contributed by atoms with E-state index in [-0.39, 0.29) is 0 Å². The topological polar surface area (TPSA) is 50.5 Å². The molecule has 1 rings (SSSR count). The van der Waals surface area contributed by atoms with E-state index in [0.717, 1.165) is 0 Å². The van der Waals surface area contributed by atoms with Crippen molar-refractivity contribution in [3.05, 3.63) is 11.9 Å². The molecule has 0 bridgehead atoms. The molecule has 5 heteroatoms. The summed E-state index contributed by atoms with van der Waals surface area (Å²) in [6.45, 7) is 0.551. The second kappa shape index (κ2) is 4.43. The summed E-state index contributed by atoms with van der Waals surface area (Å²) < 4.78 is 6.74. The molecule has 0 saturated carbocycles. The van der Waals surface area contributed by atoms with Gasteiger partial charge >= 0.3 is 0 Å². The Bertz CT molecular complexity index is 296. The molecule has 0 saturated heterocycles. The Balaban J connectivity index is 2.86. The first-order valence-electron chi connectivity index (χ1n) is 4.45. The van der Waals surface area contributed by atoms with E-state index in [2.05, 4.69) is 5.10 Å². The number of nitrogens with zero attached hydrogens (tertiary/aromatic N) is 3. The number of likely N-dealkylation sites (N-methyl/N-ethyl adjacent to an activating group) is 1. The van der Waals surface area contributed by atoms with E-state index in [4.69, 9.17) is 4.74 Å². The summed E-state index contributed by atoms with van der Waals surface area (Å²) >= 11 is 0. The largest absolute Gasteiger partial charge is 0.493 e. The van der Waals surface area contributed by atoms with Gasteiger partial charge in [-0.3, -0.25) is 4.68 Å². The van der Waals surface area contributed by atoms with Crippen molar-refractivity contribution < 1.29 is 9.84 Å². The second-order valence-corrected chi connectivity index (χ2v) is 3.50. The van der Waals surface area contributed by atoms with Gasteiger partial charge in [-0.1, -0.05) is 0 Å². The van der Waals surface area contributed by atoms with Crippen molar-refractivity contribution in [1.82, 2.24) is 14.7 Å². The summed E-state index contributed by atoms with van der Waals surface area (Å²) in [5.41, 5.74) is 0.709. The third-order valence-corrected chi connectivity index (χ3v) is 2.02. The van der Waals surface area contributed by atoms with Gasteiger partial charge in [0, 0.05) is 13.6 Å². The molecule has 1 heterocycles. The van der Waals surface area contributed by atoms with Crippen molar-refractivity contribution >= 4 is 0 Å². The fraction of sp³-hybridized carbons (Fsp3) is 0.667. The molecule has 1 aromatic rings. The van der Waals surface area contributed by atoms with Crippen LogP contribution in [0.1, 0.15) is 11.8 Å². The molecule has 0 radical (unpaired) electrons. The van der Waals surface area contributed by atoms with Crippen LogP contribution in [0.2, 0.25) is 0 Å². The molecular formula is C9H17N3O2. The van der Waals surface area contributed by atoms with Crippen molar-refractivity contribution in [2.45, 2.75) is 6.10 Å². The predicted octanol–water partition coefficient (Wildman–Crippen LogP) is 0.0237. The molecule has 14 heavy (non-hydrogen) atoms. The lowest BCUT2D eigenvalue weighted by Gasteiger charge is -2.17. The van der Waals surface area contributed by atoms with Crippen LogP contribution >= 0.6 is 0 Å². The first-order chi connectivity index (χ1) is 6.56. The van der Waals surface area contributed by atoms with Crippen LogP contribution in [0.15, 0.2) is 6.20 Å². The van der Waals surface area contributed by atoms with Crippen LogP contribution in [0.3, 0.4) is 0 Å². The Morgan fingerprint density at radius 1 is 1.64 bits per heavy atom. The van der Waals surface area contributed by atoms with Gasteiger partial charge in [-0.15, -0.1) is 0 Å². The molecule has 0 aliphatic heterocycles. The van der Waals surface area contributed by atoms with E-state index < -0.39 is 6.10 Å². The summed E-state index contributed by atoms with van der Waals surface area (Å²) in [5.74, 6) is 0.627. The Morgan fingerprint density at radius 2 is 2.29 bits per heavy atom. The molecule has 0 amide bonds. The fourth-order valence-corrected chi connectivity index (χ4v) is 1.40. The zero-order chi connectivity index (χ0) is 10.7. The average Bonchev–Trinajstić information content (AvgIpc) is 2.45.